The number of hydrogen-bond acceptors (Lipinski definition) is 5. The van der Waals surface area contributed by atoms with Crippen LogP contribution in [0.5, 0.6) is 0 Å². The fraction of sp³-hybridized carbons (Fsp3) is 0.364. The zero-order valence-electron chi connectivity index (χ0n) is 9.70. The normalized spacial score (nSPS) is 10.5. The summed E-state index contributed by atoms with van der Waals surface area (Å²) in [4.78, 5) is 13.6. The Hall–Kier alpha value is -1.20. The molecule has 0 fully saturated rings. The van der Waals surface area contributed by atoms with Crippen molar-refractivity contribution in [2.75, 3.05) is 5.32 Å². The van der Waals surface area contributed by atoms with Gasteiger partial charge in [-0.15, -0.1) is 11.3 Å². The summed E-state index contributed by atoms with van der Waals surface area (Å²) < 4.78 is 0. The van der Waals surface area contributed by atoms with Crippen LogP contribution in [0.25, 0.3) is 0 Å². The van der Waals surface area contributed by atoms with E-state index >= 15 is 0 Å². The van der Waals surface area contributed by atoms with Gasteiger partial charge >= 0.3 is 0 Å². The molecule has 0 saturated carbocycles. The van der Waals surface area contributed by atoms with E-state index in [0.29, 0.717) is 11.7 Å². The van der Waals surface area contributed by atoms with Crippen LogP contribution in [-0.2, 0) is 13.0 Å². The highest BCUT2D eigenvalue weighted by Crippen LogP contribution is 2.21. The maximum atomic E-state index is 6.01. The molecule has 0 saturated heterocycles. The number of hydrogen-bond donors (Lipinski definition) is 1. The Morgan fingerprint density at radius 2 is 2.18 bits per heavy atom. The van der Waals surface area contributed by atoms with Gasteiger partial charge in [-0.3, -0.25) is 0 Å². The molecule has 2 heterocycles. The second-order valence-corrected chi connectivity index (χ2v) is 5.22. The Bertz CT molecular complexity index is 512. The molecule has 0 bridgehead atoms. The predicted octanol–water partition coefficient (Wildman–Crippen LogP) is 3.07. The predicted molar refractivity (Wildman–Crippen MR) is 70.6 cm³/mol. The third kappa shape index (κ3) is 2.92. The second-order valence-electron chi connectivity index (χ2n) is 3.54. The molecule has 2 rings (SSSR count). The van der Waals surface area contributed by atoms with Crippen molar-refractivity contribution < 1.29 is 0 Å². The molecule has 17 heavy (non-hydrogen) atoms. The molecular weight excluding hydrogens is 256 g/mol. The average molecular weight is 269 g/mol. The lowest BCUT2D eigenvalue weighted by Crippen LogP contribution is -2.04. The van der Waals surface area contributed by atoms with Gasteiger partial charge in [-0.1, -0.05) is 18.5 Å². The van der Waals surface area contributed by atoms with Crippen molar-refractivity contribution in [3.8, 4) is 0 Å². The van der Waals surface area contributed by atoms with Crippen LogP contribution in [0.2, 0.25) is 5.15 Å². The lowest BCUT2D eigenvalue weighted by atomic mass is 10.2. The molecular formula is C11H13ClN4S. The molecule has 0 unspecified atom stereocenters. The van der Waals surface area contributed by atoms with Gasteiger partial charge in [0, 0.05) is 16.6 Å². The minimum absolute atomic E-state index is 0.519. The third-order valence-electron chi connectivity index (χ3n) is 2.35. The number of anilines is 1. The lowest BCUT2D eigenvalue weighted by Gasteiger charge is -2.09. The minimum atomic E-state index is 0.519. The fourth-order valence-electron chi connectivity index (χ4n) is 1.51. The first-order valence-corrected chi connectivity index (χ1v) is 6.54. The number of halogens is 1. The van der Waals surface area contributed by atoms with Crippen LogP contribution in [0.3, 0.4) is 0 Å². The van der Waals surface area contributed by atoms with E-state index in [1.54, 1.807) is 11.3 Å². The second kappa shape index (κ2) is 5.42. The van der Waals surface area contributed by atoms with Gasteiger partial charge in [0.05, 0.1) is 11.6 Å². The molecule has 0 aliphatic rings. The van der Waals surface area contributed by atoms with Crippen LogP contribution in [0.4, 0.5) is 5.82 Å². The van der Waals surface area contributed by atoms with Crippen LogP contribution in [0.1, 0.15) is 22.4 Å². The Morgan fingerprint density at radius 3 is 2.82 bits per heavy atom. The Morgan fingerprint density at radius 1 is 1.35 bits per heavy atom. The molecule has 0 spiro atoms. The van der Waals surface area contributed by atoms with Gasteiger partial charge in [0.2, 0.25) is 0 Å². The third-order valence-corrected chi connectivity index (χ3v) is 3.58. The number of thiazole rings is 1. The van der Waals surface area contributed by atoms with Crippen molar-refractivity contribution in [1.29, 1.82) is 0 Å². The van der Waals surface area contributed by atoms with Gasteiger partial charge in [0.1, 0.15) is 17.3 Å². The van der Waals surface area contributed by atoms with Crippen molar-refractivity contribution in [3.05, 3.63) is 33.1 Å². The highest BCUT2D eigenvalue weighted by molar-refractivity contribution is 7.11. The zero-order valence-corrected chi connectivity index (χ0v) is 11.3. The summed E-state index contributed by atoms with van der Waals surface area (Å²) in [5.41, 5.74) is 0.954. The molecule has 6 heteroatoms. The van der Waals surface area contributed by atoms with E-state index in [9.17, 15) is 0 Å². The van der Waals surface area contributed by atoms with E-state index < -0.39 is 0 Å². The van der Waals surface area contributed by atoms with Crippen molar-refractivity contribution in [2.24, 2.45) is 0 Å². The highest BCUT2D eigenvalue weighted by atomic mass is 35.5. The Kier molecular flexibility index (Phi) is 3.91. The number of nitrogens with zero attached hydrogens (tertiary/aromatic N) is 3. The average Bonchev–Trinajstić information content (AvgIpc) is 2.72. The maximum absolute atomic E-state index is 6.01. The molecule has 0 atom stereocenters. The fourth-order valence-corrected chi connectivity index (χ4v) is 2.52. The minimum Gasteiger partial charge on any atom is -0.365 e. The molecule has 4 nitrogen and oxygen atoms in total. The summed E-state index contributed by atoms with van der Waals surface area (Å²) in [7, 11) is 0. The summed E-state index contributed by atoms with van der Waals surface area (Å²) in [5.74, 6) is 0.804. The maximum Gasteiger partial charge on any atom is 0.137 e. The van der Waals surface area contributed by atoms with E-state index in [2.05, 4.69) is 20.3 Å². The molecule has 0 aliphatic carbocycles. The van der Waals surface area contributed by atoms with Gasteiger partial charge in [0.25, 0.3) is 0 Å². The first-order chi connectivity index (χ1) is 8.20. The van der Waals surface area contributed by atoms with E-state index in [4.69, 9.17) is 11.6 Å². The zero-order chi connectivity index (χ0) is 12.3. The molecule has 0 radical (unpaired) electrons. The Labute approximate surface area is 109 Å². The monoisotopic (exact) mass is 268 g/mol. The van der Waals surface area contributed by atoms with Gasteiger partial charge in [-0.2, -0.15) is 0 Å². The van der Waals surface area contributed by atoms with E-state index in [-0.39, 0.29) is 0 Å². The SMILES string of the molecule is CCc1c(Cl)ncnc1NCc1cnc(C)s1. The molecule has 90 valence electrons. The summed E-state index contributed by atoms with van der Waals surface area (Å²) in [5, 5.41) is 4.86. The summed E-state index contributed by atoms with van der Waals surface area (Å²) in [6.07, 6.45) is 4.16. The summed E-state index contributed by atoms with van der Waals surface area (Å²) in [6, 6.07) is 0. The van der Waals surface area contributed by atoms with Crippen molar-refractivity contribution in [2.45, 2.75) is 26.8 Å². The quantitative estimate of drug-likeness (QED) is 0.866. The van der Waals surface area contributed by atoms with E-state index in [1.807, 2.05) is 20.0 Å². The largest absolute Gasteiger partial charge is 0.365 e. The molecule has 2 aromatic rings. The van der Waals surface area contributed by atoms with E-state index in [1.165, 1.54) is 11.2 Å². The molecule has 0 aliphatic heterocycles. The number of rotatable bonds is 4. The highest BCUT2D eigenvalue weighted by Gasteiger charge is 2.07. The molecule has 1 N–H and O–H groups in total. The number of aromatic nitrogens is 3. The van der Waals surface area contributed by atoms with Gasteiger partial charge < -0.3 is 5.32 Å². The number of nitrogens with one attached hydrogen (secondary N) is 1. The standard InChI is InChI=1S/C11H13ClN4S/c1-3-9-10(12)15-6-16-11(9)14-5-8-4-13-7(2)17-8/h4,6H,3,5H2,1-2H3,(H,14,15,16). The summed E-state index contributed by atoms with van der Waals surface area (Å²) >= 11 is 7.69. The first kappa shape index (κ1) is 12.3. The van der Waals surface area contributed by atoms with Crippen LogP contribution in [-0.4, -0.2) is 15.0 Å². The van der Waals surface area contributed by atoms with Crippen LogP contribution < -0.4 is 5.32 Å². The first-order valence-electron chi connectivity index (χ1n) is 5.35. The van der Waals surface area contributed by atoms with Crippen LogP contribution in [0.15, 0.2) is 12.5 Å². The van der Waals surface area contributed by atoms with E-state index in [0.717, 1.165) is 22.8 Å². The van der Waals surface area contributed by atoms with Gasteiger partial charge in [-0.05, 0) is 13.3 Å². The van der Waals surface area contributed by atoms with Gasteiger partial charge in [0.15, 0.2) is 0 Å². The topological polar surface area (TPSA) is 50.7 Å². The van der Waals surface area contributed by atoms with Gasteiger partial charge in [-0.25, -0.2) is 15.0 Å². The molecule has 2 aromatic heterocycles. The van der Waals surface area contributed by atoms with Crippen LogP contribution >= 0.6 is 22.9 Å². The van der Waals surface area contributed by atoms with Crippen molar-refractivity contribution in [1.82, 2.24) is 15.0 Å². The molecule has 0 aromatic carbocycles. The number of aryl methyl sites for hydroxylation is 1. The molecule has 0 amide bonds. The lowest BCUT2D eigenvalue weighted by molar-refractivity contribution is 1.02. The van der Waals surface area contributed by atoms with Crippen LogP contribution in [0, 0.1) is 6.92 Å². The Balaban J connectivity index is 2.11. The van der Waals surface area contributed by atoms with Crippen molar-refractivity contribution >= 4 is 28.8 Å². The smallest absolute Gasteiger partial charge is 0.137 e. The summed E-state index contributed by atoms with van der Waals surface area (Å²) in [6.45, 7) is 4.74. The van der Waals surface area contributed by atoms with Crippen molar-refractivity contribution in [3.63, 3.8) is 0 Å².